The van der Waals surface area contributed by atoms with E-state index in [2.05, 4.69) is 18.0 Å². The van der Waals surface area contributed by atoms with Gasteiger partial charge in [-0.05, 0) is 54.0 Å². The van der Waals surface area contributed by atoms with E-state index < -0.39 is 0 Å². The minimum atomic E-state index is 0.606. The molecule has 1 heterocycles. The van der Waals surface area contributed by atoms with Gasteiger partial charge in [-0.2, -0.15) is 5.26 Å². The molecule has 1 aromatic heterocycles. The Labute approximate surface area is 113 Å². The summed E-state index contributed by atoms with van der Waals surface area (Å²) in [6.45, 7) is 2.28. The van der Waals surface area contributed by atoms with Gasteiger partial charge in [0.1, 0.15) is 0 Å². The summed E-state index contributed by atoms with van der Waals surface area (Å²) in [6.07, 6.45) is 7.62. The number of pyridine rings is 1. The van der Waals surface area contributed by atoms with Crippen molar-refractivity contribution in [2.24, 2.45) is 0 Å². The third kappa shape index (κ3) is 2.13. The summed E-state index contributed by atoms with van der Waals surface area (Å²) >= 11 is 0. The molecule has 0 aliphatic heterocycles. The lowest BCUT2D eigenvalue weighted by molar-refractivity contribution is 0.588. The van der Waals surface area contributed by atoms with Crippen molar-refractivity contribution in [1.29, 1.82) is 5.26 Å². The predicted octanol–water partition coefficient (Wildman–Crippen LogP) is 4.06. The highest BCUT2D eigenvalue weighted by atomic mass is 14.6. The molecule has 1 aliphatic carbocycles. The Kier molecular flexibility index (Phi) is 3.05. The summed E-state index contributed by atoms with van der Waals surface area (Å²) in [6, 6.07) is 9.96. The predicted molar refractivity (Wildman–Crippen MR) is 75.7 cm³/mol. The van der Waals surface area contributed by atoms with Gasteiger partial charge in [0, 0.05) is 18.0 Å². The number of benzene rings is 1. The monoisotopic (exact) mass is 248 g/mol. The summed E-state index contributed by atoms with van der Waals surface area (Å²) in [5.41, 5.74) is 5.94. The Morgan fingerprint density at radius 3 is 2.74 bits per heavy atom. The summed E-state index contributed by atoms with van der Waals surface area (Å²) in [4.78, 5) is 4.40. The average Bonchev–Trinajstić information content (AvgIpc) is 2.47. The molecule has 0 saturated heterocycles. The first-order chi connectivity index (χ1) is 9.29. The van der Waals surface area contributed by atoms with E-state index in [0.29, 0.717) is 11.5 Å². The van der Waals surface area contributed by atoms with Crippen molar-refractivity contribution in [1.82, 2.24) is 4.98 Å². The van der Waals surface area contributed by atoms with E-state index in [9.17, 15) is 0 Å². The molecule has 2 heteroatoms. The Hall–Kier alpha value is -2.14. The van der Waals surface area contributed by atoms with Crippen LogP contribution in [-0.2, 0) is 6.42 Å². The van der Waals surface area contributed by atoms with Gasteiger partial charge in [0.2, 0.25) is 0 Å². The molecule has 0 saturated carbocycles. The highest BCUT2D eigenvalue weighted by molar-refractivity contribution is 5.69. The summed E-state index contributed by atoms with van der Waals surface area (Å²) in [5, 5.41) is 8.86. The standard InChI is InChI=1S/C17H16N2/c1-12-3-2-4-15-16(12)10-19-11-17(15)14-7-5-13(9-18)6-8-14/h5-8,10-12H,2-4H2,1H3/t12-/m1/s1. The maximum absolute atomic E-state index is 8.86. The van der Waals surface area contributed by atoms with Gasteiger partial charge in [0.25, 0.3) is 0 Å². The number of hydrogen-bond acceptors (Lipinski definition) is 2. The molecule has 0 bridgehead atoms. The smallest absolute Gasteiger partial charge is 0.0991 e. The third-order valence-corrected chi connectivity index (χ3v) is 4.01. The van der Waals surface area contributed by atoms with Crippen molar-refractivity contribution < 1.29 is 0 Å². The Bertz CT molecular complexity index is 635. The number of rotatable bonds is 1. The summed E-state index contributed by atoms with van der Waals surface area (Å²) in [7, 11) is 0. The minimum absolute atomic E-state index is 0.606. The second-order valence-corrected chi connectivity index (χ2v) is 5.24. The first-order valence-electron chi connectivity index (χ1n) is 6.77. The quantitative estimate of drug-likeness (QED) is 0.763. The number of aromatic nitrogens is 1. The maximum atomic E-state index is 8.86. The van der Waals surface area contributed by atoms with E-state index in [0.717, 1.165) is 12.0 Å². The lowest BCUT2D eigenvalue weighted by atomic mass is 9.82. The lowest BCUT2D eigenvalue weighted by Crippen LogP contribution is -2.09. The zero-order chi connectivity index (χ0) is 13.2. The van der Waals surface area contributed by atoms with Crippen LogP contribution in [0.4, 0.5) is 0 Å². The molecular formula is C17H16N2. The van der Waals surface area contributed by atoms with Gasteiger partial charge in [-0.15, -0.1) is 0 Å². The molecule has 2 nitrogen and oxygen atoms in total. The fourth-order valence-corrected chi connectivity index (χ4v) is 2.92. The van der Waals surface area contributed by atoms with E-state index in [1.54, 1.807) is 0 Å². The van der Waals surface area contributed by atoms with Gasteiger partial charge in [-0.25, -0.2) is 0 Å². The van der Waals surface area contributed by atoms with Gasteiger partial charge in [0.15, 0.2) is 0 Å². The van der Waals surface area contributed by atoms with Gasteiger partial charge >= 0.3 is 0 Å². The van der Waals surface area contributed by atoms with Crippen molar-refractivity contribution in [3.8, 4) is 17.2 Å². The van der Waals surface area contributed by atoms with Crippen LogP contribution >= 0.6 is 0 Å². The van der Waals surface area contributed by atoms with Crippen LogP contribution < -0.4 is 0 Å². The Morgan fingerprint density at radius 2 is 2.00 bits per heavy atom. The van der Waals surface area contributed by atoms with Crippen LogP contribution in [0.3, 0.4) is 0 Å². The van der Waals surface area contributed by atoms with E-state index in [1.807, 2.05) is 36.7 Å². The van der Waals surface area contributed by atoms with Gasteiger partial charge in [0.05, 0.1) is 11.6 Å². The molecule has 0 radical (unpaired) electrons. The van der Waals surface area contributed by atoms with E-state index >= 15 is 0 Å². The first-order valence-corrected chi connectivity index (χ1v) is 6.77. The molecule has 1 atom stereocenters. The molecule has 0 fully saturated rings. The van der Waals surface area contributed by atoms with Crippen molar-refractivity contribution in [3.63, 3.8) is 0 Å². The average molecular weight is 248 g/mol. The SMILES string of the molecule is C[C@@H]1CCCc2c(-c3ccc(C#N)cc3)cncc21. The first kappa shape index (κ1) is 11.9. The van der Waals surface area contributed by atoms with Crippen molar-refractivity contribution in [2.75, 3.05) is 0 Å². The number of hydrogen-bond donors (Lipinski definition) is 0. The molecule has 94 valence electrons. The normalized spacial score (nSPS) is 17.6. The van der Waals surface area contributed by atoms with E-state index in [1.165, 1.54) is 29.5 Å². The molecule has 2 aromatic rings. The lowest BCUT2D eigenvalue weighted by Gasteiger charge is -2.24. The van der Waals surface area contributed by atoms with Crippen LogP contribution in [0.1, 0.15) is 42.4 Å². The highest BCUT2D eigenvalue weighted by Gasteiger charge is 2.19. The number of fused-ring (bicyclic) bond motifs is 1. The molecule has 0 amide bonds. The van der Waals surface area contributed by atoms with Gasteiger partial charge < -0.3 is 0 Å². The van der Waals surface area contributed by atoms with Crippen molar-refractivity contribution in [3.05, 3.63) is 53.3 Å². The van der Waals surface area contributed by atoms with Gasteiger partial charge in [-0.1, -0.05) is 19.1 Å². The second-order valence-electron chi connectivity index (χ2n) is 5.24. The fourth-order valence-electron chi connectivity index (χ4n) is 2.92. The van der Waals surface area contributed by atoms with Crippen LogP contribution in [0.25, 0.3) is 11.1 Å². The molecule has 0 spiro atoms. The minimum Gasteiger partial charge on any atom is -0.264 e. The molecule has 19 heavy (non-hydrogen) atoms. The zero-order valence-corrected chi connectivity index (χ0v) is 11.1. The van der Waals surface area contributed by atoms with E-state index in [4.69, 9.17) is 5.26 Å². The molecular weight excluding hydrogens is 232 g/mol. The third-order valence-electron chi connectivity index (χ3n) is 4.01. The summed E-state index contributed by atoms with van der Waals surface area (Å²) in [5.74, 6) is 0.606. The zero-order valence-electron chi connectivity index (χ0n) is 11.1. The number of nitrogens with zero attached hydrogens (tertiary/aromatic N) is 2. The molecule has 0 unspecified atom stereocenters. The molecule has 1 aliphatic rings. The Morgan fingerprint density at radius 1 is 1.21 bits per heavy atom. The summed E-state index contributed by atoms with van der Waals surface area (Å²) < 4.78 is 0. The molecule has 3 rings (SSSR count). The fraction of sp³-hybridized carbons (Fsp3) is 0.294. The van der Waals surface area contributed by atoms with Crippen LogP contribution in [0.2, 0.25) is 0 Å². The molecule has 0 N–H and O–H groups in total. The van der Waals surface area contributed by atoms with Crippen molar-refractivity contribution >= 4 is 0 Å². The highest BCUT2D eigenvalue weighted by Crippen LogP contribution is 2.36. The molecule has 1 aromatic carbocycles. The largest absolute Gasteiger partial charge is 0.264 e. The maximum Gasteiger partial charge on any atom is 0.0991 e. The number of nitriles is 1. The van der Waals surface area contributed by atoms with Crippen LogP contribution in [0.15, 0.2) is 36.7 Å². The topological polar surface area (TPSA) is 36.7 Å². The van der Waals surface area contributed by atoms with E-state index in [-0.39, 0.29) is 0 Å². The van der Waals surface area contributed by atoms with Crippen molar-refractivity contribution in [2.45, 2.75) is 32.1 Å². The Balaban J connectivity index is 2.10. The van der Waals surface area contributed by atoms with Crippen LogP contribution in [-0.4, -0.2) is 4.98 Å². The van der Waals surface area contributed by atoms with Crippen LogP contribution in [0, 0.1) is 11.3 Å². The van der Waals surface area contributed by atoms with Gasteiger partial charge in [-0.3, -0.25) is 4.98 Å². The van der Waals surface area contributed by atoms with Crippen LogP contribution in [0.5, 0.6) is 0 Å². The second kappa shape index (κ2) is 4.85.